The quantitative estimate of drug-likeness (QED) is 0.488. The summed E-state index contributed by atoms with van der Waals surface area (Å²) in [5.41, 5.74) is 2.70. The van der Waals surface area contributed by atoms with Gasteiger partial charge in [-0.05, 0) is 43.3 Å². The summed E-state index contributed by atoms with van der Waals surface area (Å²) in [6.07, 6.45) is 0. The Bertz CT molecular complexity index is 1260. The first-order valence-electron chi connectivity index (χ1n) is 10.8. The zero-order valence-electron chi connectivity index (χ0n) is 19.0. The zero-order valence-corrected chi connectivity index (χ0v) is 19.8. The van der Waals surface area contributed by atoms with Gasteiger partial charge >= 0.3 is 5.97 Å². The number of hydrogen-bond acceptors (Lipinski definition) is 7. The van der Waals surface area contributed by atoms with Crippen molar-refractivity contribution in [3.05, 3.63) is 53.9 Å². The first-order valence-corrected chi connectivity index (χ1v) is 12.3. The Morgan fingerprint density at radius 2 is 1.91 bits per heavy atom. The van der Waals surface area contributed by atoms with Crippen LogP contribution in [-0.2, 0) is 32.6 Å². The number of aryl methyl sites for hydroxylation is 1. The number of carbonyl (C=O) groups excluding carboxylic acids is 1. The molecule has 9 nitrogen and oxygen atoms in total. The predicted molar refractivity (Wildman–Crippen MR) is 125 cm³/mol. The van der Waals surface area contributed by atoms with Crippen LogP contribution in [0.4, 0.5) is 5.69 Å². The normalized spacial score (nSPS) is 15.0. The number of sulfonamides is 1. The van der Waals surface area contributed by atoms with Gasteiger partial charge in [-0.15, -0.1) is 0 Å². The molecule has 1 aromatic heterocycles. The van der Waals surface area contributed by atoms with Crippen molar-refractivity contribution in [1.29, 1.82) is 0 Å². The summed E-state index contributed by atoms with van der Waals surface area (Å²) in [5, 5.41) is 0. The van der Waals surface area contributed by atoms with E-state index in [2.05, 4.69) is 4.98 Å². The molecule has 0 N–H and O–H groups in total. The van der Waals surface area contributed by atoms with Gasteiger partial charge in [-0.2, -0.15) is 4.31 Å². The fraction of sp³-hybridized carbons (Fsp3) is 0.391. The topological polar surface area (TPSA) is 94.0 Å². The number of nitrogens with zero attached hydrogens (tertiary/aromatic N) is 4. The van der Waals surface area contributed by atoms with E-state index >= 15 is 0 Å². The molecule has 2 heterocycles. The number of rotatable bonds is 7. The van der Waals surface area contributed by atoms with Crippen LogP contribution in [0.25, 0.3) is 11.0 Å². The van der Waals surface area contributed by atoms with Crippen LogP contribution in [0.2, 0.25) is 0 Å². The van der Waals surface area contributed by atoms with Gasteiger partial charge < -0.3 is 18.9 Å². The molecule has 0 amide bonds. The third-order valence-corrected chi connectivity index (χ3v) is 7.55. The second-order valence-electron chi connectivity index (χ2n) is 7.96. The van der Waals surface area contributed by atoms with Gasteiger partial charge in [0.1, 0.15) is 12.4 Å². The minimum atomic E-state index is -3.62. The lowest BCUT2D eigenvalue weighted by Gasteiger charge is -2.26. The number of aromatic nitrogens is 2. The molecule has 176 valence electrons. The number of imidazole rings is 1. The number of esters is 1. The molecule has 0 spiro atoms. The van der Waals surface area contributed by atoms with E-state index in [9.17, 15) is 13.2 Å². The molecule has 0 aliphatic carbocycles. The van der Waals surface area contributed by atoms with Crippen LogP contribution in [-0.4, -0.2) is 68.6 Å². The van der Waals surface area contributed by atoms with Crippen molar-refractivity contribution in [2.45, 2.75) is 25.0 Å². The molecule has 0 radical (unpaired) electrons. The Hall–Kier alpha value is -2.95. The van der Waals surface area contributed by atoms with Crippen molar-refractivity contribution in [2.75, 3.05) is 45.3 Å². The summed E-state index contributed by atoms with van der Waals surface area (Å²) >= 11 is 0. The van der Waals surface area contributed by atoms with Gasteiger partial charge in [-0.25, -0.2) is 18.2 Å². The van der Waals surface area contributed by atoms with Crippen LogP contribution in [0.5, 0.6) is 0 Å². The van der Waals surface area contributed by atoms with Crippen LogP contribution in [0, 0.1) is 0 Å². The molecule has 10 heteroatoms. The Balaban J connectivity index is 1.57. The molecule has 33 heavy (non-hydrogen) atoms. The average Bonchev–Trinajstić information content (AvgIpc) is 3.19. The van der Waals surface area contributed by atoms with Gasteiger partial charge in [0.15, 0.2) is 0 Å². The summed E-state index contributed by atoms with van der Waals surface area (Å²) in [6, 6.07) is 12.1. The smallest absolute Gasteiger partial charge is 0.338 e. The van der Waals surface area contributed by atoms with Gasteiger partial charge in [0.05, 0.1) is 34.7 Å². The van der Waals surface area contributed by atoms with Crippen molar-refractivity contribution in [1.82, 2.24) is 13.9 Å². The van der Waals surface area contributed by atoms with Gasteiger partial charge in [-0.1, -0.05) is 6.07 Å². The number of benzene rings is 2. The number of carbonyl (C=O) groups is 1. The van der Waals surface area contributed by atoms with E-state index < -0.39 is 16.0 Å². The molecule has 0 bridgehead atoms. The van der Waals surface area contributed by atoms with Gasteiger partial charge in [0, 0.05) is 39.4 Å². The summed E-state index contributed by atoms with van der Waals surface area (Å²) in [4.78, 5) is 19.3. The van der Waals surface area contributed by atoms with Crippen LogP contribution in [0.3, 0.4) is 0 Å². The highest BCUT2D eigenvalue weighted by Crippen LogP contribution is 2.24. The predicted octanol–water partition coefficient (Wildman–Crippen LogP) is 2.50. The lowest BCUT2D eigenvalue weighted by molar-refractivity contribution is 0.0458. The van der Waals surface area contributed by atoms with Gasteiger partial charge in [-0.3, -0.25) is 0 Å². The van der Waals surface area contributed by atoms with E-state index in [0.29, 0.717) is 49.8 Å². The van der Waals surface area contributed by atoms with Crippen molar-refractivity contribution >= 4 is 32.7 Å². The Morgan fingerprint density at radius 3 is 2.61 bits per heavy atom. The second-order valence-corrected chi connectivity index (χ2v) is 9.90. The van der Waals surface area contributed by atoms with Crippen molar-refractivity contribution in [2.24, 2.45) is 0 Å². The Morgan fingerprint density at radius 1 is 1.15 bits per heavy atom. The van der Waals surface area contributed by atoms with Gasteiger partial charge in [0.2, 0.25) is 10.0 Å². The monoisotopic (exact) mass is 472 g/mol. The standard InChI is InChI=1S/C23H28N4O5S/c1-4-27-21-9-8-19(33(29,30)26-10-12-31-13-11-26)15-20(21)24-22(27)16-32-23(28)17-6-5-7-18(14-17)25(2)3/h5-9,14-15H,4,10-13,16H2,1-3H3. The van der Waals surface area contributed by atoms with Crippen molar-refractivity contribution < 1.29 is 22.7 Å². The number of ether oxygens (including phenoxy) is 2. The molecule has 3 aromatic rings. The number of anilines is 1. The Labute approximate surface area is 193 Å². The SMILES string of the molecule is CCn1c(COC(=O)c2cccc(N(C)C)c2)nc2cc(S(=O)(=O)N3CCOCC3)ccc21. The average molecular weight is 473 g/mol. The van der Waals surface area contributed by atoms with Crippen LogP contribution in [0.15, 0.2) is 47.4 Å². The first kappa shape index (κ1) is 23.2. The molecule has 2 aromatic carbocycles. The van der Waals surface area contributed by atoms with E-state index in [1.165, 1.54) is 4.31 Å². The fourth-order valence-corrected chi connectivity index (χ4v) is 5.27. The summed E-state index contributed by atoms with van der Waals surface area (Å²) in [5.74, 6) is 0.120. The molecule has 1 aliphatic rings. The van der Waals surface area contributed by atoms with Crippen LogP contribution < -0.4 is 4.90 Å². The summed E-state index contributed by atoms with van der Waals surface area (Å²) < 4.78 is 40.2. The minimum Gasteiger partial charge on any atom is -0.454 e. The maximum Gasteiger partial charge on any atom is 0.338 e. The lowest BCUT2D eigenvalue weighted by atomic mass is 10.2. The highest BCUT2D eigenvalue weighted by molar-refractivity contribution is 7.89. The molecule has 1 saturated heterocycles. The summed E-state index contributed by atoms with van der Waals surface area (Å²) in [7, 11) is 0.187. The van der Waals surface area contributed by atoms with Crippen molar-refractivity contribution in [3.63, 3.8) is 0 Å². The highest BCUT2D eigenvalue weighted by atomic mass is 32.2. The second kappa shape index (κ2) is 9.50. The Kier molecular flexibility index (Phi) is 6.68. The molecule has 1 fully saturated rings. The molecule has 0 atom stereocenters. The molecule has 1 aliphatic heterocycles. The fourth-order valence-electron chi connectivity index (χ4n) is 3.84. The molecule has 0 saturated carbocycles. The van der Waals surface area contributed by atoms with Crippen LogP contribution >= 0.6 is 0 Å². The maximum atomic E-state index is 13.0. The molecular formula is C23H28N4O5S. The lowest BCUT2D eigenvalue weighted by Crippen LogP contribution is -2.40. The largest absolute Gasteiger partial charge is 0.454 e. The summed E-state index contributed by atoms with van der Waals surface area (Å²) in [6.45, 7) is 4.00. The third kappa shape index (κ3) is 4.73. The van der Waals surface area contributed by atoms with E-state index in [1.54, 1.807) is 30.3 Å². The third-order valence-electron chi connectivity index (χ3n) is 5.65. The minimum absolute atomic E-state index is 0.0148. The maximum absolute atomic E-state index is 13.0. The number of fused-ring (bicyclic) bond motifs is 1. The van der Waals surface area contributed by atoms with Gasteiger partial charge in [0.25, 0.3) is 0 Å². The van der Waals surface area contributed by atoms with E-state index in [0.717, 1.165) is 11.2 Å². The van der Waals surface area contributed by atoms with E-state index in [4.69, 9.17) is 9.47 Å². The van der Waals surface area contributed by atoms with Crippen molar-refractivity contribution in [3.8, 4) is 0 Å². The molecule has 4 rings (SSSR count). The highest BCUT2D eigenvalue weighted by Gasteiger charge is 2.27. The molecule has 0 unspecified atom stereocenters. The van der Waals surface area contributed by atoms with Crippen LogP contribution in [0.1, 0.15) is 23.1 Å². The number of morpholine rings is 1. The number of hydrogen-bond donors (Lipinski definition) is 0. The van der Waals surface area contributed by atoms with E-state index in [1.807, 2.05) is 42.6 Å². The molecular weight excluding hydrogens is 444 g/mol. The zero-order chi connectivity index (χ0) is 23.6. The first-order chi connectivity index (χ1) is 15.8. The van der Waals surface area contributed by atoms with E-state index in [-0.39, 0.29) is 11.5 Å².